The molecular weight excluding hydrogens is 264 g/mol. The Morgan fingerprint density at radius 3 is 2.14 bits per heavy atom. The number of unbranched alkanes of at least 4 members (excludes halogenated alkanes) is 5. The maximum absolute atomic E-state index is 12.4. The van der Waals surface area contributed by atoms with Crippen LogP contribution in [0.3, 0.4) is 0 Å². The van der Waals surface area contributed by atoms with Crippen LogP contribution < -0.4 is 5.32 Å². The van der Waals surface area contributed by atoms with E-state index in [0.29, 0.717) is 13.0 Å². The molecule has 0 aliphatic rings. The van der Waals surface area contributed by atoms with E-state index in [1.165, 1.54) is 32.1 Å². The van der Waals surface area contributed by atoms with Crippen molar-refractivity contribution in [2.45, 2.75) is 85.0 Å². The standard InChI is InChI=1S/C17H34N2O2/c1-4-7-8-9-10-11-13-17(5-2,6-3)16(20)18-14-12-15-19-21/h4-15H2,1-3H3,(H,18,20). The molecule has 0 bridgehead atoms. The first-order chi connectivity index (χ1) is 10.2. The molecule has 0 atom stereocenters. The molecule has 0 spiro atoms. The van der Waals surface area contributed by atoms with Gasteiger partial charge in [0.25, 0.3) is 0 Å². The van der Waals surface area contributed by atoms with Crippen LogP contribution in [0.25, 0.3) is 0 Å². The van der Waals surface area contributed by atoms with Gasteiger partial charge in [0.05, 0.1) is 6.54 Å². The molecule has 21 heavy (non-hydrogen) atoms. The summed E-state index contributed by atoms with van der Waals surface area (Å²) in [6.45, 7) is 7.27. The summed E-state index contributed by atoms with van der Waals surface area (Å²) < 4.78 is 0. The molecule has 0 saturated carbocycles. The van der Waals surface area contributed by atoms with Crippen molar-refractivity contribution in [1.29, 1.82) is 0 Å². The molecule has 0 unspecified atom stereocenters. The van der Waals surface area contributed by atoms with Gasteiger partial charge in [-0.15, -0.1) is 0 Å². The van der Waals surface area contributed by atoms with E-state index in [4.69, 9.17) is 0 Å². The van der Waals surface area contributed by atoms with Gasteiger partial charge in [0.1, 0.15) is 0 Å². The first-order valence-corrected chi connectivity index (χ1v) is 8.74. The maximum atomic E-state index is 12.4. The zero-order chi connectivity index (χ0) is 16.0. The van der Waals surface area contributed by atoms with Crippen molar-refractivity contribution in [3.63, 3.8) is 0 Å². The van der Waals surface area contributed by atoms with Crippen molar-refractivity contribution < 1.29 is 4.79 Å². The number of hydrogen-bond donors (Lipinski definition) is 1. The van der Waals surface area contributed by atoms with Crippen LogP contribution in [0.1, 0.15) is 85.0 Å². The van der Waals surface area contributed by atoms with Gasteiger partial charge in [0.15, 0.2) is 0 Å². The first-order valence-electron chi connectivity index (χ1n) is 8.74. The Kier molecular flexibility index (Phi) is 12.2. The number of nitrogens with zero attached hydrogens (tertiary/aromatic N) is 1. The summed E-state index contributed by atoms with van der Waals surface area (Å²) in [4.78, 5) is 22.5. The van der Waals surface area contributed by atoms with Crippen molar-refractivity contribution in [3.05, 3.63) is 4.91 Å². The number of amides is 1. The van der Waals surface area contributed by atoms with Crippen molar-refractivity contribution >= 4 is 5.91 Å². The molecule has 0 rings (SSSR count). The number of hydrogen-bond acceptors (Lipinski definition) is 3. The van der Waals surface area contributed by atoms with Crippen molar-refractivity contribution in [2.24, 2.45) is 10.6 Å². The van der Waals surface area contributed by atoms with Gasteiger partial charge in [-0.1, -0.05) is 64.5 Å². The number of rotatable bonds is 14. The minimum atomic E-state index is -0.223. The molecule has 0 aromatic heterocycles. The summed E-state index contributed by atoms with van der Waals surface area (Å²) in [6, 6.07) is 0. The molecule has 0 aromatic carbocycles. The second kappa shape index (κ2) is 12.8. The molecule has 0 aromatic rings. The molecule has 4 nitrogen and oxygen atoms in total. The highest BCUT2D eigenvalue weighted by Crippen LogP contribution is 2.33. The lowest BCUT2D eigenvalue weighted by Gasteiger charge is -2.30. The van der Waals surface area contributed by atoms with Crippen LogP contribution in [0.2, 0.25) is 0 Å². The Labute approximate surface area is 130 Å². The molecule has 0 radical (unpaired) electrons. The van der Waals surface area contributed by atoms with Crippen molar-refractivity contribution in [3.8, 4) is 0 Å². The molecule has 124 valence electrons. The quantitative estimate of drug-likeness (QED) is 0.369. The molecule has 1 amide bonds. The van der Waals surface area contributed by atoms with Crippen LogP contribution in [-0.2, 0) is 4.79 Å². The van der Waals surface area contributed by atoms with Gasteiger partial charge >= 0.3 is 0 Å². The average molecular weight is 298 g/mol. The highest BCUT2D eigenvalue weighted by atomic mass is 16.3. The lowest BCUT2D eigenvalue weighted by atomic mass is 9.76. The molecule has 0 heterocycles. The summed E-state index contributed by atoms with van der Waals surface area (Å²) >= 11 is 0. The smallest absolute Gasteiger partial charge is 0.226 e. The fourth-order valence-electron chi connectivity index (χ4n) is 2.81. The predicted octanol–water partition coefficient (Wildman–Crippen LogP) is 4.82. The zero-order valence-corrected chi connectivity index (χ0v) is 14.2. The number of nitroso groups, excluding NO2 is 1. The van der Waals surface area contributed by atoms with E-state index in [2.05, 4.69) is 31.3 Å². The molecule has 0 aliphatic heterocycles. The van der Waals surface area contributed by atoms with Crippen molar-refractivity contribution in [1.82, 2.24) is 5.32 Å². The van der Waals surface area contributed by atoms with E-state index in [-0.39, 0.29) is 17.9 Å². The van der Waals surface area contributed by atoms with E-state index in [0.717, 1.165) is 25.7 Å². The normalized spacial score (nSPS) is 11.4. The molecule has 0 saturated heterocycles. The third-order valence-corrected chi connectivity index (χ3v) is 4.56. The highest BCUT2D eigenvalue weighted by molar-refractivity contribution is 5.82. The monoisotopic (exact) mass is 298 g/mol. The Balaban J connectivity index is 4.14. The van der Waals surface area contributed by atoms with Crippen LogP contribution in [0.15, 0.2) is 5.18 Å². The third-order valence-electron chi connectivity index (χ3n) is 4.56. The first kappa shape index (κ1) is 20.1. The van der Waals surface area contributed by atoms with E-state index >= 15 is 0 Å². The van der Waals surface area contributed by atoms with Gasteiger partial charge in [-0.2, -0.15) is 4.91 Å². The summed E-state index contributed by atoms with van der Waals surface area (Å²) in [5.74, 6) is 0.159. The lowest BCUT2D eigenvalue weighted by molar-refractivity contribution is -0.132. The largest absolute Gasteiger partial charge is 0.356 e. The van der Waals surface area contributed by atoms with Crippen LogP contribution in [0.5, 0.6) is 0 Å². The Bertz CT molecular complexity index is 276. The van der Waals surface area contributed by atoms with E-state index in [9.17, 15) is 9.70 Å². The van der Waals surface area contributed by atoms with Crippen LogP contribution in [0.4, 0.5) is 0 Å². The van der Waals surface area contributed by atoms with Gasteiger partial charge in [-0.05, 0) is 25.7 Å². The minimum Gasteiger partial charge on any atom is -0.356 e. The zero-order valence-electron chi connectivity index (χ0n) is 14.2. The van der Waals surface area contributed by atoms with Crippen LogP contribution in [-0.4, -0.2) is 19.0 Å². The minimum absolute atomic E-state index is 0.159. The summed E-state index contributed by atoms with van der Waals surface area (Å²) in [5, 5.41) is 5.80. The summed E-state index contributed by atoms with van der Waals surface area (Å²) in [5.41, 5.74) is -0.223. The number of carbonyl (C=O) groups excluding carboxylic acids is 1. The molecule has 1 N–H and O–H groups in total. The fourth-order valence-corrected chi connectivity index (χ4v) is 2.81. The predicted molar refractivity (Wildman–Crippen MR) is 89.3 cm³/mol. The maximum Gasteiger partial charge on any atom is 0.226 e. The highest BCUT2D eigenvalue weighted by Gasteiger charge is 2.33. The summed E-state index contributed by atoms with van der Waals surface area (Å²) in [6.07, 6.45) is 10.9. The Morgan fingerprint density at radius 1 is 0.952 bits per heavy atom. The molecule has 0 fully saturated rings. The SMILES string of the molecule is CCCCCCCCC(CC)(CC)C(=O)NCCCN=O. The van der Waals surface area contributed by atoms with Gasteiger partial charge in [-0.3, -0.25) is 4.79 Å². The topological polar surface area (TPSA) is 58.5 Å². The second-order valence-corrected chi connectivity index (χ2v) is 5.97. The van der Waals surface area contributed by atoms with Crippen LogP contribution in [0, 0.1) is 10.3 Å². The Morgan fingerprint density at radius 2 is 1.57 bits per heavy atom. The molecular formula is C17H34N2O2. The van der Waals surface area contributed by atoms with Gasteiger partial charge < -0.3 is 5.32 Å². The van der Waals surface area contributed by atoms with E-state index in [1.54, 1.807) is 0 Å². The summed E-state index contributed by atoms with van der Waals surface area (Å²) in [7, 11) is 0. The molecule has 0 aliphatic carbocycles. The van der Waals surface area contributed by atoms with Crippen molar-refractivity contribution in [2.75, 3.05) is 13.1 Å². The lowest BCUT2D eigenvalue weighted by Crippen LogP contribution is -2.41. The third kappa shape index (κ3) is 8.18. The van der Waals surface area contributed by atoms with Gasteiger partial charge in [0.2, 0.25) is 5.91 Å². The van der Waals surface area contributed by atoms with Gasteiger partial charge in [-0.25, -0.2) is 0 Å². The number of nitrogens with one attached hydrogen (secondary N) is 1. The second-order valence-electron chi connectivity index (χ2n) is 5.97. The van der Waals surface area contributed by atoms with Gasteiger partial charge in [0, 0.05) is 12.0 Å². The molecule has 4 heteroatoms. The van der Waals surface area contributed by atoms with E-state index in [1.807, 2.05) is 0 Å². The average Bonchev–Trinajstić information content (AvgIpc) is 2.51. The number of carbonyl (C=O) groups is 1. The van der Waals surface area contributed by atoms with Crippen LogP contribution >= 0.6 is 0 Å². The van der Waals surface area contributed by atoms with E-state index < -0.39 is 0 Å². The Hall–Kier alpha value is -0.930. The fraction of sp³-hybridized carbons (Fsp3) is 0.941.